The molecule has 0 saturated heterocycles. The van der Waals surface area contributed by atoms with Crippen LogP contribution in [-0.4, -0.2) is 32.4 Å². The molecule has 2 heterocycles. The van der Waals surface area contributed by atoms with Gasteiger partial charge in [-0.15, -0.1) is 0 Å². The average Bonchev–Trinajstić information content (AvgIpc) is 3.19. The highest BCUT2D eigenvalue weighted by molar-refractivity contribution is 5.72. The molecule has 2 aromatic carbocycles. The molecule has 0 atom stereocenters. The summed E-state index contributed by atoms with van der Waals surface area (Å²) in [6, 6.07) is 13.7. The number of benzene rings is 2. The Morgan fingerprint density at radius 2 is 1.72 bits per heavy atom. The Labute approximate surface area is 184 Å². The monoisotopic (exact) mass is 436 g/mol. The number of rotatable bonds is 7. The van der Waals surface area contributed by atoms with Crippen LogP contribution in [0.5, 0.6) is 0 Å². The van der Waals surface area contributed by atoms with E-state index in [0.29, 0.717) is 23.7 Å². The maximum absolute atomic E-state index is 13.3. The van der Waals surface area contributed by atoms with Crippen LogP contribution >= 0.6 is 0 Å². The minimum Gasteiger partial charge on any atom is -0.383 e. The Balaban J connectivity index is 1.92. The molecule has 0 radical (unpaired) electrons. The largest absolute Gasteiger partial charge is 0.383 e. The molecular weight excluding hydrogens is 411 g/mol. The summed E-state index contributed by atoms with van der Waals surface area (Å²) in [5.74, 6) is 0.0243. The van der Waals surface area contributed by atoms with E-state index in [0.717, 1.165) is 11.1 Å². The number of hydrogen-bond acceptors (Lipinski definition) is 4. The van der Waals surface area contributed by atoms with Crippen molar-refractivity contribution in [3.63, 3.8) is 0 Å². The molecule has 7 nitrogen and oxygen atoms in total. The normalized spacial score (nSPS) is 11.5. The molecule has 2 aromatic heterocycles. The fourth-order valence-corrected chi connectivity index (χ4v) is 3.71. The van der Waals surface area contributed by atoms with Crippen LogP contribution in [0.3, 0.4) is 0 Å². The van der Waals surface area contributed by atoms with E-state index in [1.54, 1.807) is 16.7 Å². The summed E-state index contributed by atoms with van der Waals surface area (Å²) in [5.41, 5.74) is 2.27. The SMILES string of the molecule is COCCn1c(=O)c2c(ncn2Cc2ccc(F)cc2)n(-c2ccc(C(C)C)cc2)c1=O. The van der Waals surface area contributed by atoms with Crippen LogP contribution in [0.1, 0.15) is 30.9 Å². The summed E-state index contributed by atoms with van der Waals surface area (Å²) in [4.78, 5) is 31.0. The molecule has 0 bridgehead atoms. The van der Waals surface area contributed by atoms with E-state index in [1.165, 1.54) is 34.7 Å². The number of halogens is 1. The number of imidazole rings is 1. The van der Waals surface area contributed by atoms with Gasteiger partial charge in [0, 0.05) is 13.7 Å². The van der Waals surface area contributed by atoms with Gasteiger partial charge in [-0.3, -0.25) is 9.36 Å². The predicted molar refractivity (Wildman–Crippen MR) is 121 cm³/mol. The van der Waals surface area contributed by atoms with Crippen molar-refractivity contribution in [2.24, 2.45) is 0 Å². The van der Waals surface area contributed by atoms with Gasteiger partial charge in [0.15, 0.2) is 11.2 Å². The topological polar surface area (TPSA) is 71.1 Å². The van der Waals surface area contributed by atoms with Crippen molar-refractivity contribution in [3.05, 3.63) is 92.6 Å². The van der Waals surface area contributed by atoms with E-state index in [9.17, 15) is 14.0 Å². The molecule has 32 heavy (non-hydrogen) atoms. The van der Waals surface area contributed by atoms with Gasteiger partial charge >= 0.3 is 5.69 Å². The molecule has 0 amide bonds. The van der Waals surface area contributed by atoms with E-state index in [4.69, 9.17) is 4.74 Å². The Morgan fingerprint density at radius 1 is 1.03 bits per heavy atom. The second-order valence-electron chi connectivity index (χ2n) is 7.98. The number of methoxy groups -OCH3 is 1. The lowest BCUT2D eigenvalue weighted by molar-refractivity contribution is 0.184. The molecule has 0 aliphatic heterocycles. The third kappa shape index (κ3) is 4.01. The van der Waals surface area contributed by atoms with Crippen LogP contribution in [0, 0.1) is 5.82 Å². The average molecular weight is 436 g/mol. The third-order valence-electron chi connectivity index (χ3n) is 5.50. The molecule has 0 aliphatic rings. The van der Waals surface area contributed by atoms with Crippen molar-refractivity contribution in [1.29, 1.82) is 0 Å². The highest BCUT2D eigenvalue weighted by Crippen LogP contribution is 2.19. The third-order valence-corrected chi connectivity index (χ3v) is 5.50. The zero-order valence-corrected chi connectivity index (χ0v) is 18.3. The number of fused-ring (bicyclic) bond motifs is 1. The Bertz CT molecular complexity index is 1350. The minimum absolute atomic E-state index is 0.121. The fourth-order valence-electron chi connectivity index (χ4n) is 3.71. The molecule has 0 saturated carbocycles. The van der Waals surface area contributed by atoms with Gasteiger partial charge in [0.25, 0.3) is 5.56 Å². The van der Waals surface area contributed by atoms with Crippen LogP contribution in [-0.2, 0) is 17.8 Å². The highest BCUT2D eigenvalue weighted by Gasteiger charge is 2.19. The van der Waals surface area contributed by atoms with Crippen LogP contribution in [0.4, 0.5) is 4.39 Å². The fraction of sp³-hybridized carbons (Fsp3) is 0.292. The van der Waals surface area contributed by atoms with Crippen molar-refractivity contribution in [3.8, 4) is 5.69 Å². The van der Waals surface area contributed by atoms with Gasteiger partial charge in [0.2, 0.25) is 0 Å². The van der Waals surface area contributed by atoms with Crippen LogP contribution in [0.2, 0.25) is 0 Å². The van der Waals surface area contributed by atoms with E-state index in [1.807, 2.05) is 24.3 Å². The summed E-state index contributed by atoms with van der Waals surface area (Å²) in [5, 5.41) is 0. The number of nitrogens with zero attached hydrogens (tertiary/aromatic N) is 4. The lowest BCUT2D eigenvalue weighted by Crippen LogP contribution is -2.41. The first-order valence-electron chi connectivity index (χ1n) is 10.4. The van der Waals surface area contributed by atoms with Crippen molar-refractivity contribution < 1.29 is 9.13 Å². The Kier molecular flexibility index (Phi) is 6.05. The standard InChI is InChI=1S/C24H25FN4O3/c1-16(2)18-6-10-20(11-7-18)29-22-21(23(30)28(24(29)31)12-13-32-3)27(15-26-22)14-17-4-8-19(25)9-5-17/h4-11,15-16H,12-14H2,1-3H3. The van der Waals surface area contributed by atoms with E-state index in [2.05, 4.69) is 18.8 Å². The first kappa shape index (κ1) is 21.7. The molecule has 4 rings (SSSR count). The van der Waals surface area contributed by atoms with Gasteiger partial charge in [-0.05, 0) is 41.3 Å². The van der Waals surface area contributed by atoms with E-state index in [-0.39, 0.29) is 24.6 Å². The smallest absolute Gasteiger partial charge is 0.337 e. The van der Waals surface area contributed by atoms with Gasteiger partial charge in [-0.1, -0.05) is 38.1 Å². The molecule has 0 aliphatic carbocycles. The molecule has 0 fully saturated rings. The Hall–Kier alpha value is -3.52. The maximum Gasteiger partial charge on any atom is 0.337 e. The van der Waals surface area contributed by atoms with Crippen LogP contribution < -0.4 is 11.2 Å². The van der Waals surface area contributed by atoms with Crippen molar-refractivity contribution >= 4 is 11.2 Å². The van der Waals surface area contributed by atoms with Gasteiger partial charge in [-0.25, -0.2) is 18.7 Å². The zero-order chi connectivity index (χ0) is 22.8. The number of aromatic nitrogens is 4. The molecule has 0 unspecified atom stereocenters. The summed E-state index contributed by atoms with van der Waals surface area (Å²) in [7, 11) is 1.52. The zero-order valence-electron chi connectivity index (χ0n) is 18.3. The van der Waals surface area contributed by atoms with E-state index < -0.39 is 11.2 Å². The van der Waals surface area contributed by atoms with Gasteiger partial charge in [0.05, 0.1) is 25.2 Å². The quantitative estimate of drug-likeness (QED) is 0.446. The number of ether oxygens (including phenoxy) is 1. The molecular formula is C24H25FN4O3. The van der Waals surface area contributed by atoms with E-state index >= 15 is 0 Å². The molecule has 0 N–H and O–H groups in total. The van der Waals surface area contributed by atoms with Crippen LogP contribution in [0.25, 0.3) is 16.9 Å². The van der Waals surface area contributed by atoms with Gasteiger partial charge in [-0.2, -0.15) is 0 Å². The van der Waals surface area contributed by atoms with Gasteiger partial charge < -0.3 is 9.30 Å². The second-order valence-corrected chi connectivity index (χ2v) is 7.98. The number of hydrogen-bond donors (Lipinski definition) is 0. The van der Waals surface area contributed by atoms with Crippen molar-refractivity contribution in [1.82, 2.24) is 18.7 Å². The lowest BCUT2D eigenvalue weighted by atomic mass is 10.0. The molecule has 8 heteroatoms. The highest BCUT2D eigenvalue weighted by atomic mass is 19.1. The maximum atomic E-state index is 13.3. The first-order chi connectivity index (χ1) is 15.4. The summed E-state index contributed by atoms with van der Waals surface area (Å²) >= 11 is 0. The summed E-state index contributed by atoms with van der Waals surface area (Å²) in [6.45, 7) is 4.86. The lowest BCUT2D eigenvalue weighted by Gasteiger charge is -2.13. The molecule has 0 spiro atoms. The van der Waals surface area contributed by atoms with Crippen molar-refractivity contribution in [2.45, 2.75) is 32.9 Å². The predicted octanol–water partition coefficient (Wildman–Crippen LogP) is 3.31. The molecule has 166 valence electrons. The van der Waals surface area contributed by atoms with Gasteiger partial charge in [0.1, 0.15) is 5.82 Å². The molecule has 4 aromatic rings. The van der Waals surface area contributed by atoms with Crippen molar-refractivity contribution in [2.75, 3.05) is 13.7 Å². The first-order valence-corrected chi connectivity index (χ1v) is 10.4. The summed E-state index contributed by atoms with van der Waals surface area (Å²) < 4.78 is 22.7. The van der Waals surface area contributed by atoms with Crippen LogP contribution in [0.15, 0.2) is 64.4 Å². The Morgan fingerprint density at radius 3 is 2.34 bits per heavy atom. The summed E-state index contributed by atoms with van der Waals surface area (Å²) in [6.07, 6.45) is 1.54. The minimum atomic E-state index is -0.469. The second kappa shape index (κ2) is 8.92.